The highest BCUT2D eigenvalue weighted by molar-refractivity contribution is 7.99. The van der Waals surface area contributed by atoms with Gasteiger partial charge in [0.25, 0.3) is 0 Å². The molecule has 0 aliphatic carbocycles. The zero-order valence-electron chi connectivity index (χ0n) is 19.6. The van der Waals surface area contributed by atoms with Gasteiger partial charge < -0.3 is 10.2 Å². The fourth-order valence-corrected chi connectivity index (χ4v) is 4.82. The minimum atomic E-state index is -0.579. The molecule has 0 unspecified atom stereocenters. The van der Waals surface area contributed by atoms with E-state index >= 15 is 0 Å². The molecule has 3 aromatic rings. The molecule has 33 heavy (non-hydrogen) atoms. The summed E-state index contributed by atoms with van der Waals surface area (Å²) in [4.78, 5) is 28.2. The molecule has 1 atom stereocenters. The number of amides is 2. The molecule has 1 N–H and O–H groups in total. The van der Waals surface area contributed by atoms with E-state index in [1.165, 1.54) is 11.1 Å². The van der Waals surface area contributed by atoms with Crippen LogP contribution in [-0.4, -0.2) is 35.6 Å². The lowest BCUT2D eigenvalue weighted by atomic mass is 10.0. The molecular formula is C28H32N2O2S. The van der Waals surface area contributed by atoms with Crippen molar-refractivity contribution < 1.29 is 9.59 Å². The summed E-state index contributed by atoms with van der Waals surface area (Å²) in [5.41, 5.74) is 5.64. The molecular weight excluding hydrogens is 428 g/mol. The van der Waals surface area contributed by atoms with Gasteiger partial charge in [0.15, 0.2) is 0 Å². The molecule has 3 rings (SSSR count). The summed E-state index contributed by atoms with van der Waals surface area (Å²) in [7, 11) is 1.63. The third-order valence-electron chi connectivity index (χ3n) is 5.70. The molecule has 172 valence electrons. The van der Waals surface area contributed by atoms with Crippen LogP contribution in [0, 0.1) is 13.8 Å². The van der Waals surface area contributed by atoms with Crippen LogP contribution in [0.4, 0.5) is 0 Å². The van der Waals surface area contributed by atoms with E-state index in [0.717, 1.165) is 22.4 Å². The number of nitrogens with one attached hydrogen (secondary N) is 1. The van der Waals surface area contributed by atoms with Gasteiger partial charge in [-0.25, -0.2) is 0 Å². The van der Waals surface area contributed by atoms with E-state index in [1.807, 2.05) is 67.6 Å². The molecule has 0 saturated carbocycles. The summed E-state index contributed by atoms with van der Waals surface area (Å²) < 4.78 is 0. The number of hydrogen-bond acceptors (Lipinski definition) is 3. The number of carbonyl (C=O) groups excluding carboxylic acids is 2. The fraction of sp³-hybridized carbons (Fsp3) is 0.286. The second kappa shape index (κ2) is 12.3. The van der Waals surface area contributed by atoms with Gasteiger partial charge in [-0.1, -0.05) is 84.4 Å². The number of likely N-dealkylation sites (N-methyl/N-ethyl adjacent to an activating group) is 1. The Hall–Kier alpha value is -3.05. The topological polar surface area (TPSA) is 49.4 Å². The molecule has 0 aromatic heterocycles. The summed E-state index contributed by atoms with van der Waals surface area (Å²) in [5, 5.41) is 2.77. The zero-order valence-corrected chi connectivity index (χ0v) is 20.4. The van der Waals surface area contributed by atoms with Gasteiger partial charge in [0.2, 0.25) is 11.8 Å². The second-order valence-electron chi connectivity index (χ2n) is 8.25. The summed E-state index contributed by atoms with van der Waals surface area (Å²) >= 11 is 1.59. The van der Waals surface area contributed by atoms with Crippen molar-refractivity contribution in [2.75, 3.05) is 12.8 Å². The number of carbonyl (C=O) groups is 2. The highest BCUT2D eigenvalue weighted by Crippen LogP contribution is 2.20. The number of thioether (sulfide) groups is 1. The van der Waals surface area contributed by atoms with Crippen molar-refractivity contribution in [1.82, 2.24) is 10.2 Å². The largest absolute Gasteiger partial charge is 0.357 e. The summed E-state index contributed by atoms with van der Waals surface area (Å²) in [6, 6.07) is 25.6. The molecule has 5 heteroatoms. The first-order valence-electron chi connectivity index (χ1n) is 11.2. The van der Waals surface area contributed by atoms with Crippen LogP contribution < -0.4 is 5.32 Å². The number of nitrogens with zero attached hydrogens (tertiary/aromatic N) is 1. The van der Waals surface area contributed by atoms with Crippen molar-refractivity contribution in [2.24, 2.45) is 0 Å². The molecule has 0 radical (unpaired) electrons. The van der Waals surface area contributed by atoms with Crippen LogP contribution in [0.3, 0.4) is 0 Å². The van der Waals surface area contributed by atoms with Crippen LogP contribution in [0.15, 0.2) is 78.9 Å². The SMILES string of the molecule is CNC(=O)[C@@H](Cc1ccccc1)N(Cc1cccc(C)c1)C(=O)CSCc1ccccc1C. The Morgan fingerprint density at radius 1 is 0.909 bits per heavy atom. The number of benzene rings is 3. The van der Waals surface area contributed by atoms with Crippen molar-refractivity contribution in [1.29, 1.82) is 0 Å². The van der Waals surface area contributed by atoms with Gasteiger partial charge in [0.05, 0.1) is 5.75 Å². The van der Waals surface area contributed by atoms with Crippen molar-refractivity contribution in [3.63, 3.8) is 0 Å². The standard InChI is InChI=1S/C28H32N2O2S/c1-21-10-9-14-24(16-21)18-30(26(28(32)29-3)17-23-12-5-4-6-13-23)27(31)20-33-19-25-15-8-7-11-22(25)2/h4-16,26H,17-20H2,1-3H3,(H,29,32)/t26-/m1/s1. The quantitative estimate of drug-likeness (QED) is 0.467. The molecule has 4 nitrogen and oxygen atoms in total. The van der Waals surface area contributed by atoms with E-state index in [2.05, 4.69) is 30.4 Å². The summed E-state index contributed by atoms with van der Waals surface area (Å²) in [6.45, 7) is 4.52. The molecule has 3 aromatic carbocycles. The first-order valence-corrected chi connectivity index (χ1v) is 12.4. The lowest BCUT2D eigenvalue weighted by Crippen LogP contribution is -2.50. The Morgan fingerprint density at radius 2 is 1.61 bits per heavy atom. The van der Waals surface area contributed by atoms with Crippen molar-refractivity contribution in [2.45, 2.75) is 38.6 Å². The van der Waals surface area contributed by atoms with Gasteiger partial charge in [-0.05, 0) is 36.1 Å². The van der Waals surface area contributed by atoms with Gasteiger partial charge in [-0.15, -0.1) is 11.8 Å². The minimum Gasteiger partial charge on any atom is -0.357 e. The van der Waals surface area contributed by atoms with Crippen LogP contribution in [0.25, 0.3) is 0 Å². The van der Waals surface area contributed by atoms with Gasteiger partial charge >= 0.3 is 0 Å². The maximum Gasteiger partial charge on any atom is 0.242 e. The average Bonchev–Trinajstić information content (AvgIpc) is 2.82. The number of hydrogen-bond donors (Lipinski definition) is 1. The van der Waals surface area contributed by atoms with Gasteiger partial charge in [0, 0.05) is 25.8 Å². The van der Waals surface area contributed by atoms with Gasteiger partial charge in [-0.2, -0.15) is 0 Å². The van der Waals surface area contributed by atoms with E-state index in [0.29, 0.717) is 18.7 Å². The molecule has 0 heterocycles. The van der Waals surface area contributed by atoms with Crippen LogP contribution in [0.5, 0.6) is 0 Å². The molecule has 0 spiro atoms. The molecule has 2 amide bonds. The minimum absolute atomic E-state index is 0.0281. The van der Waals surface area contributed by atoms with Crippen molar-refractivity contribution in [3.05, 3.63) is 107 Å². The smallest absolute Gasteiger partial charge is 0.242 e. The van der Waals surface area contributed by atoms with E-state index in [9.17, 15) is 9.59 Å². The fourth-order valence-electron chi connectivity index (χ4n) is 3.83. The Bertz CT molecular complexity index is 1070. The van der Waals surface area contributed by atoms with Crippen molar-refractivity contribution >= 4 is 23.6 Å². The number of aryl methyl sites for hydroxylation is 2. The normalized spacial score (nSPS) is 11.6. The highest BCUT2D eigenvalue weighted by atomic mass is 32.2. The highest BCUT2D eigenvalue weighted by Gasteiger charge is 2.29. The van der Waals surface area contributed by atoms with Crippen molar-refractivity contribution in [3.8, 4) is 0 Å². The monoisotopic (exact) mass is 460 g/mol. The predicted molar refractivity (Wildman–Crippen MR) is 137 cm³/mol. The molecule has 0 aliphatic heterocycles. The molecule has 0 bridgehead atoms. The predicted octanol–water partition coefficient (Wildman–Crippen LogP) is 4.92. The molecule has 0 saturated heterocycles. The summed E-state index contributed by atoms with van der Waals surface area (Å²) in [6.07, 6.45) is 0.473. The van der Waals surface area contributed by atoms with Crippen LogP contribution >= 0.6 is 11.8 Å². The third-order valence-corrected chi connectivity index (χ3v) is 6.66. The van der Waals surface area contributed by atoms with E-state index in [-0.39, 0.29) is 11.8 Å². The Labute approximate surface area is 201 Å². The second-order valence-corrected chi connectivity index (χ2v) is 9.24. The Balaban J connectivity index is 1.81. The Morgan fingerprint density at radius 3 is 2.30 bits per heavy atom. The first-order chi connectivity index (χ1) is 16.0. The van der Waals surface area contributed by atoms with E-state index < -0.39 is 6.04 Å². The maximum absolute atomic E-state index is 13.5. The Kier molecular flexibility index (Phi) is 9.14. The van der Waals surface area contributed by atoms with Crippen LogP contribution in [0.2, 0.25) is 0 Å². The first kappa shape index (κ1) is 24.6. The lowest BCUT2D eigenvalue weighted by molar-refractivity contribution is -0.139. The van der Waals surface area contributed by atoms with E-state index in [4.69, 9.17) is 0 Å². The van der Waals surface area contributed by atoms with Gasteiger partial charge in [0.1, 0.15) is 6.04 Å². The molecule has 0 fully saturated rings. The number of rotatable bonds is 10. The summed E-state index contributed by atoms with van der Waals surface area (Å²) in [5.74, 6) is 0.908. The van der Waals surface area contributed by atoms with Crippen LogP contribution in [-0.2, 0) is 28.3 Å². The van der Waals surface area contributed by atoms with Gasteiger partial charge in [-0.3, -0.25) is 9.59 Å². The maximum atomic E-state index is 13.5. The van der Waals surface area contributed by atoms with Crippen LogP contribution in [0.1, 0.15) is 27.8 Å². The van der Waals surface area contributed by atoms with E-state index in [1.54, 1.807) is 23.7 Å². The zero-order chi connectivity index (χ0) is 23.6. The average molecular weight is 461 g/mol. The lowest BCUT2D eigenvalue weighted by Gasteiger charge is -2.31. The molecule has 0 aliphatic rings. The third kappa shape index (κ3) is 7.22.